The molecule has 0 saturated carbocycles. The zero-order valence-electron chi connectivity index (χ0n) is 10.8. The Labute approximate surface area is 111 Å². The summed E-state index contributed by atoms with van der Waals surface area (Å²) in [5.74, 6) is -1.03. The maximum atomic E-state index is 12.0. The number of cyclic esters (lactones) is 1. The number of carbonyl (C=O) groups excluding carboxylic acids is 2. The molecule has 0 bridgehead atoms. The zero-order chi connectivity index (χ0) is 14.0. The van der Waals surface area contributed by atoms with Crippen LogP contribution in [-0.2, 0) is 14.4 Å². The average Bonchev–Trinajstić information content (AvgIpc) is 2.59. The first kappa shape index (κ1) is 13.3. The number of esters is 1. The molecular formula is C14H15NO4. The Morgan fingerprint density at radius 3 is 2.63 bits per heavy atom. The Morgan fingerprint density at radius 2 is 2.05 bits per heavy atom. The molecule has 1 atom stereocenters. The molecule has 0 amide bonds. The fraction of sp³-hybridized carbons (Fsp3) is 0.286. The van der Waals surface area contributed by atoms with Crippen LogP contribution in [0, 0.1) is 0 Å². The van der Waals surface area contributed by atoms with Crippen LogP contribution >= 0.6 is 0 Å². The van der Waals surface area contributed by atoms with Crippen LogP contribution in [0.1, 0.15) is 24.2 Å². The van der Waals surface area contributed by atoms with Gasteiger partial charge in [-0.3, -0.25) is 0 Å². The Morgan fingerprint density at radius 1 is 1.42 bits per heavy atom. The smallest absolute Gasteiger partial charge is 0.357 e. The molecule has 1 saturated heterocycles. The second kappa shape index (κ2) is 4.85. The predicted octanol–water partition coefficient (Wildman–Crippen LogP) is 1.91. The summed E-state index contributed by atoms with van der Waals surface area (Å²) in [4.78, 5) is 28.9. The van der Waals surface area contributed by atoms with E-state index < -0.39 is 23.7 Å². The summed E-state index contributed by atoms with van der Waals surface area (Å²) in [5.41, 5.74) is -0.610. The molecule has 5 nitrogen and oxygen atoms in total. The van der Waals surface area contributed by atoms with Crippen molar-refractivity contribution < 1.29 is 19.2 Å². The fourth-order valence-corrected chi connectivity index (χ4v) is 1.86. The van der Waals surface area contributed by atoms with Gasteiger partial charge in [-0.25, -0.2) is 9.59 Å². The SMILES string of the molecule is C=C[C@H]1C(=O)OC(C)(C)N1OC(=O)c1ccccc1. The van der Waals surface area contributed by atoms with Crippen LogP contribution in [0.5, 0.6) is 0 Å². The van der Waals surface area contributed by atoms with Gasteiger partial charge in [0.05, 0.1) is 5.56 Å². The van der Waals surface area contributed by atoms with Gasteiger partial charge in [0.25, 0.3) is 0 Å². The minimum Gasteiger partial charge on any atom is -0.440 e. The monoisotopic (exact) mass is 261 g/mol. The highest BCUT2D eigenvalue weighted by Crippen LogP contribution is 2.29. The van der Waals surface area contributed by atoms with E-state index in [1.54, 1.807) is 44.2 Å². The number of hydrogen-bond donors (Lipinski definition) is 0. The van der Waals surface area contributed by atoms with E-state index >= 15 is 0 Å². The molecule has 0 unspecified atom stereocenters. The van der Waals surface area contributed by atoms with Crippen molar-refractivity contribution >= 4 is 11.9 Å². The molecule has 1 aliphatic rings. The highest BCUT2D eigenvalue weighted by Gasteiger charge is 2.49. The van der Waals surface area contributed by atoms with Gasteiger partial charge >= 0.3 is 11.9 Å². The molecule has 0 aromatic heterocycles. The van der Waals surface area contributed by atoms with Gasteiger partial charge in [0.15, 0.2) is 11.8 Å². The molecule has 2 rings (SSSR count). The van der Waals surface area contributed by atoms with Gasteiger partial charge in [0, 0.05) is 0 Å². The van der Waals surface area contributed by atoms with Crippen LogP contribution in [-0.4, -0.2) is 28.8 Å². The lowest BCUT2D eigenvalue weighted by Crippen LogP contribution is -2.44. The molecular weight excluding hydrogens is 246 g/mol. The molecule has 19 heavy (non-hydrogen) atoms. The van der Waals surface area contributed by atoms with E-state index in [1.807, 2.05) is 0 Å². The second-order valence-corrected chi connectivity index (χ2v) is 4.62. The number of ether oxygens (including phenoxy) is 1. The summed E-state index contributed by atoms with van der Waals surface area (Å²) in [6.45, 7) is 6.85. The Balaban J connectivity index is 2.19. The van der Waals surface area contributed by atoms with Gasteiger partial charge < -0.3 is 9.57 Å². The number of benzene rings is 1. The minimum absolute atomic E-state index is 0.403. The van der Waals surface area contributed by atoms with Gasteiger partial charge in [-0.05, 0) is 26.0 Å². The maximum Gasteiger partial charge on any atom is 0.357 e. The number of carbonyl (C=O) groups is 2. The molecule has 1 aromatic rings. The lowest BCUT2D eigenvalue weighted by molar-refractivity contribution is -0.214. The Hall–Kier alpha value is -2.14. The summed E-state index contributed by atoms with van der Waals surface area (Å²) < 4.78 is 5.14. The molecule has 0 spiro atoms. The topological polar surface area (TPSA) is 55.8 Å². The Kier molecular flexibility index (Phi) is 3.40. The lowest BCUT2D eigenvalue weighted by atomic mass is 10.2. The largest absolute Gasteiger partial charge is 0.440 e. The van der Waals surface area contributed by atoms with Crippen LogP contribution in [0.3, 0.4) is 0 Å². The lowest BCUT2D eigenvalue weighted by Gasteiger charge is -2.28. The third kappa shape index (κ3) is 2.51. The first-order chi connectivity index (χ1) is 8.95. The van der Waals surface area contributed by atoms with E-state index in [1.165, 1.54) is 11.1 Å². The van der Waals surface area contributed by atoms with Crippen molar-refractivity contribution in [2.24, 2.45) is 0 Å². The van der Waals surface area contributed by atoms with E-state index in [0.29, 0.717) is 5.56 Å². The van der Waals surface area contributed by atoms with Crippen molar-refractivity contribution in [3.63, 3.8) is 0 Å². The quantitative estimate of drug-likeness (QED) is 0.614. The van der Waals surface area contributed by atoms with Crippen LogP contribution in [0.2, 0.25) is 0 Å². The fourth-order valence-electron chi connectivity index (χ4n) is 1.86. The second-order valence-electron chi connectivity index (χ2n) is 4.62. The van der Waals surface area contributed by atoms with Crippen LogP contribution in [0.15, 0.2) is 43.0 Å². The number of rotatable bonds is 3. The summed E-state index contributed by atoms with van der Waals surface area (Å²) in [7, 11) is 0. The standard InChI is InChI=1S/C14H15NO4/c1-4-11-13(17)18-14(2,3)15(11)19-12(16)10-8-6-5-7-9-10/h4-9,11H,1H2,2-3H3/t11-/m0/s1. The van der Waals surface area contributed by atoms with Gasteiger partial charge in [0.1, 0.15) is 0 Å². The normalized spacial score (nSPS) is 21.8. The molecule has 1 aliphatic heterocycles. The molecule has 1 aromatic carbocycles. The third-order valence-electron chi connectivity index (χ3n) is 2.79. The van der Waals surface area contributed by atoms with E-state index in [-0.39, 0.29) is 0 Å². The van der Waals surface area contributed by atoms with Gasteiger partial charge in [-0.1, -0.05) is 29.3 Å². The molecule has 1 fully saturated rings. The highest BCUT2D eigenvalue weighted by atomic mass is 16.8. The summed E-state index contributed by atoms with van der Waals surface area (Å²) in [6, 6.07) is 7.75. The summed E-state index contributed by atoms with van der Waals surface area (Å²) in [6.07, 6.45) is 1.38. The summed E-state index contributed by atoms with van der Waals surface area (Å²) >= 11 is 0. The molecule has 100 valence electrons. The first-order valence-electron chi connectivity index (χ1n) is 5.88. The van der Waals surface area contributed by atoms with Gasteiger partial charge in [-0.2, -0.15) is 0 Å². The van der Waals surface area contributed by atoms with Crippen molar-refractivity contribution in [1.82, 2.24) is 5.06 Å². The third-order valence-corrected chi connectivity index (χ3v) is 2.79. The van der Waals surface area contributed by atoms with E-state index in [9.17, 15) is 9.59 Å². The zero-order valence-corrected chi connectivity index (χ0v) is 10.8. The van der Waals surface area contributed by atoms with Crippen LogP contribution in [0.25, 0.3) is 0 Å². The molecule has 0 radical (unpaired) electrons. The first-order valence-corrected chi connectivity index (χ1v) is 5.88. The van der Waals surface area contributed by atoms with Crippen molar-refractivity contribution in [2.75, 3.05) is 0 Å². The number of hydrogen-bond acceptors (Lipinski definition) is 5. The van der Waals surface area contributed by atoms with Crippen molar-refractivity contribution in [3.05, 3.63) is 48.6 Å². The van der Waals surface area contributed by atoms with Crippen molar-refractivity contribution in [1.29, 1.82) is 0 Å². The molecule has 0 N–H and O–H groups in total. The maximum absolute atomic E-state index is 12.0. The molecule has 5 heteroatoms. The summed E-state index contributed by atoms with van der Waals surface area (Å²) in [5, 5.41) is 1.22. The van der Waals surface area contributed by atoms with Crippen LogP contribution < -0.4 is 0 Å². The average molecular weight is 261 g/mol. The molecule has 1 heterocycles. The Bertz CT molecular complexity index is 509. The van der Waals surface area contributed by atoms with Crippen molar-refractivity contribution in [3.8, 4) is 0 Å². The number of hydroxylamine groups is 2. The van der Waals surface area contributed by atoms with E-state index in [2.05, 4.69) is 6.58 Å². The minimum atomic E-state index is -1.01. The van der Waals surface area contributed by atoms with Gasteiger partial charge in [0.2, 0.25) is 0 Å². The number of nitrogens with zero attached hydrogens (tertiary/aromatic N) is 1. The van der Waals surface area contributed by atoms with Gasteiger partial charge in [-0.15, -0.1) is 6.58 Å². The van der Waals surface area contributed by atoms with Crippen LogP contribution in [0.4, 0.5) is 0 Å². The highest BCUT2D eigenvalue weighted by molar-refractivity contribution is 5.89. The molecule has 0 aliphatic carbocycles. The predicted molar refractivity (Wildman–Crippen MR) is 67.9 cm³/mol. The van der Waals surface area contributed by atoms with Crippen molar-refractivity contribution in [2.45, 2.75) is 25.6 Å². The van der Waals surface area contributed by atoms with E-state index in [4.69, 9.17) is 9.57 Å². The van der Waals surface area contributed by atoms with E-state index in [0.717, 1.165) is 0 Å².